The number of nitrogens with zero attached hydrogens (tertiary/aromatic N) is 7. The molecule has 12 heteroatoms. The van der Waals surface area contributed by atoms with Crippen LogP contribution in [0.25, 0.3) is 22.2 Å². The number of aryl methyl sites for hydroxylation is 1. The molecule has 1 amide bonds. The highest BCUT2D eigenvalue weighted by molar-refractivity contribution is 6.09. The minimum absolute atomic E-state index is 0.175. The Bertz CT molecular complexity index is 1820. The Morgan fingerprint density at radius 2 is 1.95 bits per heavy atom. The highest BCUT2D eigenvalue weighted by Gasteiger charge is 2.23. The van der Waals surface area contributed by atoms with Crippen molar-refractivity contribution in [3.05, 3.63) is 101 Å². The van der Waals surface area contributed by atoms with Crippen LogP contribution in [0, 0.1) is 6.92 Å². The molecule has 0 unspecified atom stereocenters. The number of aromatic amines is 1. The average molecular weight is 509 g/mol. The molecule has 38 heavy (non-hydrogen) atoms. The largest absolute Gasteiger partial charge is 0.360 e. The van der Waals surface area contributed by atoms with Crippen LogP contribution in [0.1, 0.15) is 34.7 Å². The maximum absolute atomic E-state index is 13.7. The van der Waals surface area contributed by atoms with Crippen molar-refractivity contribution < 1.29 is 4.79 Å². The van der Waals surface area contributed by atoms with Gasteiger partial charge in [-0.05, 0) is 43.7 Å². The van der Waals surface area contributed by atoms with Gasteiger partial charge in [-0.2, -0.15) is 10.2 Å². The minimum atomic E-state index is -0.469. The van der Waals surface area contributed by atoms with Crippen LogP contribution in [0.4, 0.5) is 5.82 Å². The highest BCUT2D eigenvalue weighted by Crippen LogP contribution is 2.27. The lowest BCUT2D eigenvalue weighted by molar-refractivity contribution is 0.0941. The van der Waals surface area contributed by atoms with E-state index in [4.69, 9.17) is 5.10 Å². The predicted molar refractivity (Wildman–Crippen MR) is 141 cm³/mol. The second-order valence-corrected chi connectivity index (χ2v) is 8.85. The molecule has 12 nitrogen and oxygen atoms in total. The number of para-hydroxylation sites is 1. The molecule has 3 N–H and O–H groups in total. The Hall–Kier alpha value is -5.26. The summed E-state index contributed by atoms with van der Waals surface area (Å²) in [7, 11) is 0. The number of hydrogen-bond acceptors (Lipinski definition) is 7. The molecule has 1 atom stereocenters. The lowest BCUT2D eigenvalue weighted by Crippen LogP contribution is -2.29. The molecule has 0 saturated carbocycles. The highest BCUT2D eigenvalue weighted by atomic mass is 16.2. The molecular formula is C26H24N10O2. The fraction of sp³-hybridized carbons (Fsp3) is 0.154. The van der Waals surface area contributed by atoms with Crippen LogP contribution in [0.3, 0.4) is 0 Å². The SMILES string of the molecule is Cc1ccn2nc([C@H](C)Nc3ncnc4[nH]cc(C(=O)NCn5cccn5)c34)n(-c3ccccc3)c(=O)c12. The zero-order valence-electron chi connectivity index (χ0n) is 20.7. The summed E-state index contributed by atoms with van der Waals surface area (Å²) in [5, 5.41) is 15.6. The van der Waals surface area contributed by atoms with Crippen molar-refractivity contribution in [3.63, 3.8) is 0 Å². The molecule has 0 aliphatic rings. The summed E-state index contributed by atoms with van der Waals surface area (Å²) in [4.78, 5) is 38.4. The number of carbonyl (C=O) groups is 1. The maximum atomic E-state index is 13.7. The molecule has 0 aliphatic heterocycles. The number of H-pyrrole nitrogens is 1. The quantitative estimate of drug-likeness (QED) is 0.301. The molecule has 0 fully saturated rings. The van der Waals surface area contributed by atoms with Crippen LogP contribution < -0.4 is 16.2 Å². The van der Waals surface area contributed by atoms with Gasteiger partial charge in [-0.3, -0.25) is 18.8 Å². The van der Waals surface area contributed by atoms with Gasteiger partial charge in [0, 0.05) is 24.8 Å². The van der Waals surface area contributed by atoms with Crippen molar-refractivity contribution in [3.8, 4) is 5.69 Å². The Morgan fingerprint density at radius 1 is 1.11 bits per heavy atom. The molecule has 0 bridgehead atoms. The van der Waals surface area contributed by atoms with Crippen molar-refractivity contribution in [2.45, 2.75) is 26.6 Å². The van der Waals surface area contributed by atoms with E-state index in [1.165, 1.54) is 6.33 Å². The van der Waals surface area contributed by atoms with E-state index < -0.39 is 6.04 Å². The Labute approximate surface area is 216 Å². The molecule has 0 saturated heterocycles. The van der Waals surface area contributed by atoms with Gasteiger partial charge in [0.05, 0.1) is 22.7 Å². The fourth-order valence-electron chi connectivity index (χ4n) is 4.50. The van der Waals surface area contributed by atoms with E-state index in [9.17, 15) is 9.59 Å². The lowest BCUT2D eigenvalue weighted by Gasteiger charge is -2.20. The monoisotopic (exact) mass is 508 g/mol. The zero-order valence-corrected chi connectivity index (χ0v) is 20.7. The molecule has 5 heterocycles. The Kier molecular flexibility index (Phi) is 5.68. The van der Waals surface area contributed by atoms with Crippen molar-refractivity contribution in [1.29, 1.82) is 0 Å². The molecular weight excluding hydrogens is 484 g/mol. The number of benzene rings is 1. The Morgan fingerprint density at radius 3 is 2.74 bits per heavy atom. The second kappa shape index (κ2) is 9.32. The third kappa shape index (κ3) is 3.97. The number of hydrogen-bond donors (Lipinski definition) is 3. The van der Waals surface area contributed by atoms with Crippen LogP contribution in [0.5, 0.6) is 0 Å². The first-order chi connectivity index (χ1) is 18.5. The van der Waals surface area contributed by atoms with Gasteiger partial charge < -0.3 is 15.6 Å². The number of rotatable bonds is 7. The van der Waals surface area contributed by atoms with Crippen molar-refractivity contribution in [2.24, 2.45) is 0 Å². The number of aromatic nitrogens is 8. The smallest absolute Gasteiger partial charge is 0.282 e. The van der Waals surface area contributed by atoms with Gasteiger partial charge >= 0.3 is 0 Å². The van der Waals surface area contributed by atoms with Crippen molar-refractivity contribution in [2.75, 3.05) is 5.32 Å². The number of nitrogens with one attached hydrogen (secondary N) is 3. The summed E-state index contributed by atoms with van der Waals surface area (Å²) >= 11 is 0. The normalized spacial score (nSPS) is 12.2. The van der Waals surface area contributed by atoms with Gasteiger partial charge in [0.2, 0.25) is 0 Å². The fourth-order valence-corrected chi connectivity index (χ4v) is 4.50. The molecule has 6 rings (SSSR count). The molecule has 0 aliphatic carbocycles. The Balaban J connectivity index is 1.40. The van der Waals surface area contributed by atoms with E-state index in [1.54, 1.807) is 44.6 Å². The first-order valence-corrected chi connectivity index (χ1v) is 12.0. The van der Waals surface area contributed by atoms with E-state index in [-0.39, 0.29) is 18.1 Å². The third-order valence-corrected chi connectivity index (χ3v) is 6.34. The lowest BCUT2D eigenvalue weighted by atomic mass is 10.2. The first-order valence-electron chi connectivity index (χ1n) is 12.0. The number of anilines is 1. The zero-order chi connectivity index (χ0) is 26.2. The van der Waals surface area contributed by atoms with Gasteiger partial charge in [0.1, 0.15) is 30.0 Å². The van der Waals surface area contributed by atoms with Gasteiger partial charge in [-0.25, -0.2) is 14.5 Å². The molecule has 5 aromatic heterocycles. The minimum Gasteiger partial charge on any atom is -0.360 e. The number of carbonyl (C=O) groups excluding carboxylic acids is 1. The summed E-state index contributed by atoms with van der Waals surface area (Å²) in [6.45, 7) is 3.99. The summed E-state index contributed by atoms with van der Waals surface area (Å²) in [6, 6.07) is 12.6. The van der Waals surface area contributed by atoms with Crippen LogP contribution in [-0.2, 0) is 6.67 Å². The van der Waals surface area contributed by atoms with Crippen molar-refractivity contribution >= 4 is 28.3 Å². The van der Waals surface area contributed by atoms with E-state index in [2.05, 4.69) is 30.7 Å². The molecule has 190 valence electrons. The van der Waals surface area contributed by atoms with E-state index in [0.717, 1.165) is 5.56 Å². The van der Waals surface area contributed by atoms with Crippen molar-refractivity contribution in [1.82, 2.24) is 44.2 Å². The molecule has 0 radical (unpaired) electrons. The van der Waals surface area contributed by atoms with Gasteiger partial charge in [-0.1, -0.05) is 18.2 Å². The van der Waals surface area contributed by atoms with Gasteiger partial charge in [-0.15, -0.1) is 0 Å². The number of amides is 1. The summed E-state index contributed by atoms with van der Waals surface area (Å²) in [5.74, 6) is 0.614. The molecule has 1 aromatic carbocycles. The first kappa shape index (κ1) is 23.2. The topological polar surface area (TPSA) is 140 Å². The summed E-state index contributed by atoms with van der Waals surface area (Å²) in [5.41, 5.74) is 2.76. The van der Waals surface area contributed by atoms with E-state index in [1.807, 2.05) is 50.2 Å². The second-order valence-electron chi connectivity index (χ2n) is 8.85. The molecule has 6 aromatic rings. The van der Waals surface area contributed by atoms with Crippen LogP contribution in [0.15, 0.2) is 78.4 Å². The molecule has 0 spiro atoms. The van der Waals surface area contributed by atoms with Crippen LogP contribution >= 0.6 is 0 Å². The van der Waals surface area contributed by atoms with E-state index >= 15 is 0 Å². The third-order valence-electron chi connectivity index (χ3n) is 6.34. The average Bonchev–Trinajstić information content (AvgIpc) is 3.68. The van der Waals surface area contributed by atoms with Crippen LogP contribution in [-0.4, -0.2) is 44.8 Å². The van der Waals surface area contributed by atoms with E-state index in [0.29, 0.717) is 39.4 Å². The van der Waals surface area contributed by atoms with Gasteiger partial charge in [0.25, 0.3) is 11.5 Å². The summed E-state index contributed by atoms with van der Waals surface area (Å²) in [6.07, 6.45) is 8.19. The standard InChI is InChI=1S/C26H24N10O2/c1-16-9-12-35-21(16)26(38)36(18-7-4-3-5-8-18)24(33-35)17(2)32-23-20-19(13-27-22(20)28-14-29-23)25(37)30-15-34-11-6-10-31-34/h3-14,17H,15H2,1-2H3,(H,30,37)(H2,27,28,29,32)/t17-/m0/s1. The van der Waals surface area contributed by atoms with Crippen LogP contribution in [0.2, 0.25) is 0 Å². The summed E-state index contributed by atoms with van der Waals surface area (Å²) < 4.78 is 4.82. The maximum Gasteiger partial charge on any atom is 0.282 e. The predicted octanol–water partition coefficient (Wildman–Crippen LogP) is 2.82. The van der Waals surface area contributed by atoms with Gasteiger partial charge in [0.15, 0.2) is 5.82 Å². The number of fused-ring (bicyclic) bond motifs is 2.